The third-order valence-corrected chi connectivity index (χ3v) is 3.68. The van der Waals surface area contributed by atoms with Gasteiger partial charge >= 0.3 is 11.4 Å². The average Bonchev–Trinajstić information content (AvgIpc) is 2.80. The van der Waals surface area contributed by atoms with E-state index in [4.69, 9.17) is 16.3 Å². The summed E-state index contributed by atoms with van der Waals surface area (Å²) in [6, 6.07) is 11.0. The van der Waals surface area contributed by atoms with E-state index in [1.807, 2.05) is 0 Å². The van der Waals surface area contributed by atoms with Gasteiger partial charge in [-0.25, -0.2) is 28.3 Å². The first-order valence-electron chi connectivity index (χ1n) is 7.01. The van der Waals surface area contributed by atoms with Crippen LogP contribution in [0.5, 0.6) is 5.75 Å². The lowest BCUT2D eigenvalue weighted by atomic mass is 10.2. The van der Waals surface area contributed by atoms with Crippen LogP contribution in [0.25, 0.3) is 5.69 Å². The first-order valence-corrected chi connectivity index (χ1v) is 7.39. The van der Waals surface area contributed by atoms with Crippen molar-refractivity contribution in [3.05, 3.63) is 79.8 Å². The van der Waals surface area contributed by atoms with E-state index in [0.717, 1.165) is 20.9 Å². The van der Waals surface area contributed by atoms with Gasteiger partial charge in [-0.1, -0.05) is 23.7 Å². The summed E-state index contributed by atoms with van der Waals surface area (Å²) in [7, 11) is 1.38. The molecule has 0 atom stereocenters. The molecule has 0 aliphatic heterocycles. The summed E-state index contributed by atoms with van der Waals surface area (Å²) in [5, 5.41) is 2.89. The summed E-state index contributed by atoms with van der Waals surface area (Å²) in [4.78, 5) is 23.6. The summed E-state index contributed by atoms with van der Waals surface area (Å²) in [6.45, 7) is 0.238. The Balaban J connectivity index is 1.83. The Kier molecular flexibility index (Phi) is 4.26. The molecule has 124 valence electrons. The number of H-pyrrole nitrogens is 1. The number of ether oxygens (including phenoxy) is 1. The molecule has 1 aromatic heterocycles. The Hall–Kier alpha value is -2.80. The van der Waals surface area contributed by atoms with Crippen LogP contribution in [-0.2, 0) is 13.7 Å². The molecule has 8 heteroatoms. The van der Waals surface area contributed by atoms with E-state index in [1.165, 1.54) is 19.2 Å². The van der Waals surface area contributed by atoms with Gasteiger partial charge in [0.2, 0.25) is 0 Å². The Morgan fingerprint density at radius 1 is 1.17 bits per heavy atom. The van der Waals surface area contributed by atoms with Crippen LogP contribution in [0, 0.1) is 5.82 Å². The zero-order valence-corrected chi connectivity index (χ0v) is 13.4. The maximum Gasteiger partial charge on any atom is 0.351 e. The Morgan fingerprint density at radius 2 is 1.88 bits per heavy atom. The van der Waals surface area contributed by atoms with E-state index < -0.39 is 17.2 Å². The topological polar surface area (TPSA) is 69.0 Å². The van der Waals surface area contributed by atoms with Gasteiger partial charge in [-0.2, -0.15) is 0 Å². The van der Waals surface area contributed by atoms with Crippen molar-refractivity contribution >= 4 is 11.6 Å². The average molecular weight is 350 g/mol. The molecule has 0 radical (unpaired) electrons. The Labute approximate surface area is 140 Å². The fraction of sp³-hybridized carbons (Fsp3) is 0.125. The number of aromatic amines is 1. The molecular weight excluding hydrogens is 337 g/mol. The number of aryl methyl sites for hydroxylation is 1. The molecule has 1 heterocycles. The van der Waals surface area contributed by atoms with Crippen molar-refractivity contribution in [2.45, 2.75) is 6.61 Å². The molecule has 0 fully saturated rings. The van der Waals surface area contributed by atoms with E-state index in [9.17, 15) is 14.0 Å². The number of halogens is 2. The molecule has 0 aliphatic rings. The number of nitrogens with one attached hydrogen (secondary N) is 1. The molecule has 0 unspecified atom stereocenters. The lowest BCUT2D eigenvalue weighted by Crippen LogP contribution is -2.27. The summed E-state index contributed by atoms with van der Waals surface area (Å²) in [6.07, 6.45) is 0. The van der Waals surface area contributed by atoms with Gasteiger partial charge < -0.3 is 4.74 Å². The van der Waals surface area contributed by atoms with Gasteiger partial charge in [-0.3, -0.25) is 0 Å². The normalized spacial score (nSPS) is 10.8. The molecule has 0 aliphatic carbocycles. The van der Waals surface area contributed by atoms with Crippen LogP contribution in [0.15, 0.2) is 52.1 Å². The Bertz CT molecular complexity index is 989. The van der Waals surface area contributed by atoms with Crippen LogP contribution < -0.4 is 16.1 Å². The quantitative estimate of drug-likeness (QED) is 0.785. The minimum Gasteiger partial charge on any atom is -0.489 e. The highest BCUT2D eigenvalue weighted by atomic mass is 35.5. The van der Waals surface area contributed by atoms with Gasteiger partial charge in [0.1, 0.15) is 12.4 Å². The van der Waals surface area contributed by atoms with Crippen molar-refractivity contribution in [1.29, 1.82) is 0 Å². The van der Waals surface area contributed by atoms with Gasteiger partial charge in [-0.15, -0.1) is 0 Å². The number of benzene rings is 2. The molecule has 3 rings (SSSR count). The molecule has 0 spiro atoms. The first kappa shape index (κ1) is 16.1. The summed E-state index contributed by atoms with van der Waals surface area (Å²) in [5.41, 5.74) is -0.634. The highest BCUT2D eigenvalue weighted by Gasteiger charge is 2.14. The third-order valence-electron chi connectivity index (χ3n) is 3.42. The minimum atomic E-state index is -0.734. The number of hydrogen-bond donors (Lipinski definition) is 1. The number of aromatic nitrogens is 3. The van der Waals surface area contributed by atoms with Crippen LogP contribution in [0.2, 0.25) is 5.02 Å². The van der Waals surface area contributed by atoms with E-state index in [-0.39, 0.29) is 18.0 Å². The monoisotopic (exact) mass is 349 g/mol. The zero-order valence-electron chi connectivity index (χ0n) is 12.6. The zero-order chi connectivity index (χ0) is 17.3. The largest absolute Gasteiger partial charge is 0.489 e. The number of rotatable bonds is 4. The second kappa shape index (κ2) is 6.37. The van der Waals surface area contributed by atoms with Crippen LogP contribution in [0.3, 0.4) is 0 Å². The molecule has 2 aromatic carbocycles. The number of hydrogen-bond acceptors (Lipinski definition) is 3. The van der Waals surface area contributed by atoms with E-state index in [2.05, 4.69) is 5.10 Å². The predicted molar refractivity (Wildman–Crippen MR) is 87.4 cm³/mol. The fourth-order valence-electron chi connectivity index (χ4n) is 2.20. The van der Waals surface area contributed by atoms with Crippen molar-refractivity contribution in [3.63, 3.8) is 0 Å². The fourth-order valence-corrected chi connectivity index (χ4v) is 2.32. The smallest absolute Gasteiger partial charge is 0.351 e. The lowest BCUT2D eigenvalue weighted by Gasteiger charge is -2.08. The summed E-state index contributed by atoms with van der Waals surface area (Å²) >= 11 is 5.80. The van der Waals surface area contributed by atoms with Crippen LogP contribution >= 0.6 is 11.6 Å². The van der Waals surface area contributed by atoms with Crippen molar-refractivity contribution in [1.82, 2.24) is 14.3 Å². The van der Waals surface area contributed by atoms with Crippen molar-refractivity contribution in [2.75, 3.05) is 0 Å². The highest BCUT2D eigenvalue weighted by Crippen LogP contribution is 2.19. The molecule has 0 saturated carbocycles. The maximum absolute atomic E-state index is 14.3. The van der Waals surface area contributed by atoms with Crippen LogP contribution in [0.1, 0.15) is 5.56 Å². The third kappa shape index (κ3) is 3.11. The standard InChI is InChI=1S/C16H13ClFN3O3/c1-20-16(23)21(15(22)19-20)14-7-6-12(8-13(14)18)24-9-10-2-4-11(17)5-3-10/h2-8H,9H2,1H3,(H,19,22). The maximum atomic E-state index is 14.3. The lowest BCUT2D eigenvalue weighted by molar-refractivity contribution is 0.304. The van der Waals surface area contributed by atoms with Crippen molar-refractivity contribution < 1.29 is 9.13 Å². The van der Waals surface area contributed by atoms with Crippen molar-refractivity contribution in [2.24, 2.45) is 7.05 Å². The van der Waals surface area contributed by atoms with Crippen LogP contribution in [-0.4, -0.2) is 14.3 Å². The molecule has 0 amide bonds. The molecule has 0 saturated heterocycles. The van der Waals surface area contributed by atoms with Gasteiger partial charge in [0.25, 0.3) is 0 Å². The molecule has 3 aromatic rings. The van der Waals surface area contributed by atoms with Gasteiger partial charge in [-0.05, 0) is 29.8 Å². The Morgan fingerprint density at radius 3 is 2.46 bits per heavy atom. The highest BCUT2D eigenvalue weighted by molar-refractivity contribution is 6.30. The van der Waals surface area contributed by atoms with Gasteiger partial charge in [0.05, 0.1) is 5.69 Å². The number of nitrogens with zero attached hydrogens (tertiary/aromatic N) is 2. The van der Waals surface area contributed by atoms with E-state index in [0.29, 0.717) is 5.02 Å². The predicted octanol–water partition coefficient (Wildman–Crippen LogP) is 2.24. The summed E-state index contributed by atoms with van der Waals surface area (Å²) in [5.74, 6) is -0.450. The second-order valence-corrected chi connectivity index (χ2v) is 5.56. The molecule has 6 nitrogen and oxygen atoms in total. The van der Waals surface area contributed by atoms with E-state index >= 15 is 0 Å². The minimum absolute atomic E-state index is 0.138. The second-order valence-electron chi connectivity index (χ2n) is 5.12. The molecule has 24 heavy (non-hydrogen) atoms. The summed E-state index contributed by atoms with van der Waals surface area (Å²) < 4.78 is 21.5. The molecule has 0 bridgehead atoms. The van der Waals surface area contributed by atoms with Crippen LogP contribution in [0.4, 0.5) is 4.39 Å². The van der Waals surface area contributed by atoms with Crippen molar-refractivity contribution in [3.8, 4) is 11.4 Å². The van der Waals surface area contributed by atoms with Gasteiger partial charge in [0, 0.05) is 18.1 Å². The molecular formula is C16H13ClFN3O3. The van der Waals surface area contributed by atoms with Gasteiger partial charge in [0.15, 0.2) is 5.82 Å². The molecule has 1 N–H and O–H groups in total. The first-order chi connectivity index (χ1) is 11.5. The van der Waals surface area contributed by atoms with E-state index in [1.54, 1.807) is 24.3 Å². The SMILES string of the molecule is Cn1[nH]c(=O)n(-c2ccc(OCc3ccc(Cl)cc3)cc2F)c1=O.